The van der Waals surface area contributed by atoms with Crippen LogP contribution >= 0.6 is 11.6 Å². The fourth-order valence-corrected chi connectivity index (χ4v) is 3.20. The smallest absolute Gasteiger partial charge is 0.297 e. The van der Waals surface area contributed by atoms with Crippen molar-refractivity contribution in [1.82, 2.24) is 14.5 Å². The summed E-state index contributed by atoms with van der Waals surface area (Å²) in [7, 11) is 1.68. The predicted molar refractivity (Wildman–Crippen MR) is 104 cm³/mol. The van der Waals surface area contributed by atoms with Gasteiger partial charge in [-0.25, -0.2) is 4.98 Å². The molecule has 2 heterocycles. The summed E-state index contributed by atoms with van der Waals surface area (Å²) in [6, 6.07) is 14.6. The van der Waals surface area contributed by atoms with Crippen LogP contribution < -0.4 is 5.56 Å². The second-order valence-electron chi connectivity index (χ2n) is 6.33. The van der Waals surface area contributed by atoms with Gasteiger partial charge in [-0.3, -0.25) is 14.2 Å². The summed E-state index contributed by atoms with van der Waals surface area (Å²) in [5.41, 5.74) is 1.80. The third-order valence-corrected chi connectivity index (χ3v) is 4.63. The van der Waals surface area contributed by atoms with Crippen LogP contribution in [0.5, 0.6) is 0 Å². The maximum absolute atomic E-state index is 12.7. The molecule has 0 spiro atoms. The fourth-order valence-electron chi connectivity index (χ4n) is 2.99. The van der Waals surface area contributed by atoms with Gasteiger partial charge >= 0.3 is 0 Å². The molecule has 0 saturated heterocycles. The number of para-hydroxylation sites is 1. The maximum Gasteiger partial charge on any atom is 0.297 e. The highest BCUT2D eigenvalue weighted by molar-refractivity contribution is 6.30. The van der Waals surface area contributed by atoms with Crippen molar-refractivity contribution in [2.75, 3.05) is 7.05 Å². The molecule has 0 aliphatic carbocycles. The molecule has 2 aromatic heterocycles. The molecule has 0 saturated carbocycles. The van der Waals surface area contributed by atoms with Crippen molar-refractivity contribution in [2.45, 2.75) is 13.1 Å². The largest absolute Gasteiger partial charge is 0.448 e. The second kappa shape index (κ2) is 6.89. The molecule has 0 bridgehead atoms. The average molecular weight is 382 g/mol. The zero-order valence-electron chi connectivity index (χ0n) is 14.6. The molecule has 0 radical (unpaired) electrons. The lowest BCUT2D eigenvalue weighted by Gasteiger charge is -2.18. The van der Waals surface area contributed by atoms with Crippen LogP contribution in [0.2, 0.25) is 5.02 Å². The lowest BCUT2D eigenvalue weighted by Crippen LogP contribution is -2.33. The molecular weight excluding hydrogens is 366 g/mol. The maximum atomic E-state index is 12.7. The second-order valence-corrected chi connectivity index (χ2v) is 6.77. The minimum absolute atomic E-state index is 0.115. The Hall–Kier alpha value is -3.12. The molecule has 6 nitrogen and oxygen atoms in total. The topological polar surface area (TPSA) is 68.3 Å². The molecule has 2 aromatic carbocycles. The third kappa shape index (κ3) is 3.31. The van der Waals surface area contributed by atoms with Crippen molar-refractivity contribution in [3.63, 3.8) is 0 Å². The van der Waals surface area contributed by atoms with E-state index in [2.05, 4.69) is 4.98 Å². The molecule has 136 valence electrons. The average Bonchev–Trinajstić information content (AvgIpc) is 3.03. The highest BCUT2D eigenvalue weighted by Crippen LogP contribution is 2.24. The Bertz CT molecular complexity index is 1210. The number of aromatic nitrogens is 2. The number of likely N-dealkylation sites (N-methyl/N-ethyl adjacent to an activating group) is 1. The number of amides is 1. The van der Waals surface area contributed by atoms with Gasteiger partial charge in [0.15, 0.2) is 0 Å². The van der Waals surface area contributed by atoms with Gasteiger partial charge in [0, 0.05) is 24.0 Å². The van der Waals surface area contributed by atoms with E-state index in [1.165, 1.54) is 10.9 Å². The lowest BCUT2D eigenvalue weighted by molar-refractivity contribution is -0.131. The monoisotopic (exact) mass is 381 g/mol. The molecular formula is C20H16ClN3O3. The first-order valence-electron chi connectivity index (χ1n) is 8.38. The zero-order valence-corrected chi connectivity index (χ0v) is 15.3. The summed E-state index contributed by atoms with van der Waals surface area (Å²) in [6.45, 7) is 0.282. The van der Waals surface area contributed by atoms with Gasteiger partial charge < -0.3 is 9.32 Å². The number of fused-ring (bicyclic) bond motifs is 3. The van der Waals surface area contributed by atoms with Crippen molar-refractivity contribution < 1.29 is 9.21 Å². The number of nitrogens with zero attached hydrogens (tertiary/aromatic N) is 3. The Labute approximate surface area is 159 Å². The highest BCUT2D eigenvalue weighted by atomic mass is 35.5. The van der Waals surface area contributed by atoms with Crippen molar-refractivity contribution in [3.8, 4) is 0 Å². The number of hydrogen-bond acceptors (Lipinski definition) is 4. The SMILES string of the molecule is CN(Cc1cccc(Cl)c1)C(=O)Cn1cnc2c(oc3ccccc32)c1=O. The van der Waals surface area contributed by atoms with Crippen LogP contribution in [0, 0.1) is 0 Å². The van der Waals surface area contributed by atoms with Crippen LogP contribution in [0.3, 0.4) is 0 Å². The van der Waals surface area contributed by atoms with E-state index in [9.17, 15) is 9.59 Å². The molecule has 0 unspecified atom stereocenters. The van der Waals surface area contributed by atoms with Crippen LogP contribution in [0.15, 0.2) is 64.1 Å². The summed E-state index contributed by atoms with van der Waals surface area (Å²) in [5.74, 6) is -0.214. The minimum atomic E-state index is -0.374. The molecule has 27 heavy (non-hydrogen) atoms. The summed E-state index contributed by atoms with van der Waals surface area (Å²) in [4.78, 5) is 31.1. The molecule has 1 amide bonds. The van der Waals surface area contributed by atoms with Crippen LogP contribution in [0.1, 0.15) is 5.56 Å². The lowest BCUT2D eigenvalue weighted by atomic mass is 10.2. The summed E-state index contributed by atoms with van der Waals surface area (Å²) in [5, 5.41) is 1.39. The summed E-state index contributed by atoms with van der Waals surface area (Å²) >= 11 is 5.98. The Morgan fingerprint density at radius 3 is 2.85 bits per heavy atom. The van der Waals surface area contributed by atoms with Crippen molar-refractivity contribution in [3.05, 3.63) is 75.8 Å². The summed E-state index contributed by atoms with van der Waals surface area (Å²) < 4.78 is 6.90. The van der Waals surface area contributed by atoms with Crippen LogP contribution in [0.25, 0.3) is 22.1 Å². The Morgan fingerprint density at radius 1 is 1.22 bits per heavy atom. The first-order chi connectivity index (χ1) is 13.0. The minimum Gasteiger partial charge on any atom is -0.448 e. The Kier molecular flexibility index (Phi) is 4.41. The van der Waals surface area contributed by atoms with E-state index in [1.807, 2.05) is 30.3 Å². The van der Waals surface area contributed by atoms with Crippen molar-refractivity contribution in [1.29, 1.82) is 0 Å². The highest BCUT2D eigenvalue weighted by Gasteiger charge is 2.16. The third-order valence-electron chi connectivity index (χ3n) is 4.39. The number of carbonyl (C=O) groups is 1. The van der Waals surface area contributed by atoms with Crippen molar-refractivity contribution in [2.24, 2.45) is 0 Å². The molecule has 0 aliphatic rings. The van der Waals surface area contributed by atoms with Crippen molar-refractivity contribution >= 4 is 39.6 Å². The molecule has 0 aliphatic heterocycles. The normalized spacial score (nSPS) is 11.2. The van der Waals surface area contributed by atoms with E-state index >= 15 is 0 Å². The molecule has 4 rings (SSSR count). The number of halogens is 1. The predicted octanol–water partition coefficient (Wildman–Crippen LogP) is 3.45. The summed E-state index contributed by atoms with van der Waals surface area (Å²) in [6.07, 6.45) is 1.39. The number of furan rings is 1. The van der Waals surface area contributed by atoms with Crippen LogP contribution in [-0.2, 0) is 17.9 Å². The molecule has 0 N–H and O–H groups in total. The first kappa shape index (κ1) is 17.3. The first-order valence-corrected chi connectivity index (χ1v) is 8.76. The molecule has 0 atom stereocenters. The number of benzene rings is 2. The molecule has 4 aromatic rings. The Balaban J connectivity index is 1.59. The van der Waals surface area contributed by atoms with E-state index < -0.39 is 0 Å². The van der Waals surface area contributed by atoms with Gasteiger partial charge in [0.1, 0.15) is 17.6 Å². The van der Waals surface area contributed by atoms with E-state index in [-0.39, 0.29) is 23.6 Å². The van der Waals surface area contributed by atoms with Gasteiger partial charge in [-0.05, 0) is 29.8 Å². The quantitative estimate of drug-likeness (QED) is 0.543. The van der Waals surface area contributed by atoms with Crippen LogP contribution in [-0.4, -0.2) is 27.4 Å². The zero-order chi connectivity index (χ0) is 19.0. The van der Waals surface area contributed by atoms with E-state index in [0.29, 0.717) is 22.7 Å². The standard InChI is InChI=1S/C20H16ClN3O3/c1-23(10-13-5-4-6-14(21)9-13)17(25)11-24-12-22-18-15-7-2-3-8-16(15)27-19(18)20(24)26/h2-9,12H,10-11H2,1H3. The van der Waals surface area contributed by atoms with Gasteiger partial charge in [0.2, 0.25) is 11.5 Å². The van der Waals surface area contributed by atoms with E-state index in [1.54, 1.807) is 30.1 Å². The van der Waals surface area contributed by atoms with Gasteiger partial charge in [0.05, 0.1) is 6.33 Å². The Morgan fingerprint density at radius 2 is 2.04 bits per heavy atom. The number of carbonyl (C=O) groups excluding carboxylic acids is 1. The van der Waals surface area contributed by atoms with Gasteiger partial charge in [-0.1, -0.05) is 35.9 Å². The van der Waals surface area contributed by atoms with E-state index in [4.69, 9.17) is 16.0 Å². The number of hydrogen-bond donors (Lipinski definition) is 0. The van der Waals surface area contributed by atoms with Gasteiger partial charge in [-0.2, -0.15) is 0 Å². The van der Waals surface area contributed by atoms with Gasteiger partial charge in [-0.15, -0.1) is 0 Å². The fraction of sp³-hybridized carbons (Fsp3) is 0.150. The number of rotatable bonds is 4. The molecule has 0 fully saturated rings. The molecule has 7 heteroatoms. The van der Waals surface area contributed by atoms with E-state index in [0.717, 1.165) is 10.9 Å². The van der Waals surface area contributed by atoms with Gasteiger partial charge in [0.25, 0.3) is 5.56 Å². The van der Waals surface area contributed by atoms with Crippen LogP contribution in [0.4, 0.5) is 0 Å².